The Hall–Kier alpha value is -2.13. The Balaban J connectivity index is 3.49. The molecule has 0 saturated carbocycles. The van der Waals surface area contributed by atoms with Crippen LogP contribution in [-0.2, 0) is 0 Å². The zero-order valence-corrected chi connectivity index (χ0v) is 9.16. The van der Waals surface area contributed by atoms with Gasteiger partial charge in [0, 0.05) is 0 Å². The number of aromatic carboxylic acids is 1. The van der Waals surface area contributed by atoms with E-state index in [9.17, 15) is 26.7 Å². The van der Waals surface area contributed by atoms with Crippen LogP contribution in [0.3, 0.4) is 0 Å². The average molecular weight is 287 g/mol. The molecule has 0 atom stereocenters. The van der Waals surface area contributed by atoms with Gasteiger partial charge in [-0.3, -0.25) is 0 Å². The summed E-state index contributed by atoms with van der Waals surface area (Å²) >= 11 is 0. The SMILES string of the molecule is COc1cnc(OC(F)(F)F)c(C(=O)O)c1C(F)F. The smallest absolute Gasteiger partial charge is 0.495 e. The van der Waals surface area contributed by atoms with E-state index in [1.54, 1.807) is 0 Å². The maximum atomic E-state index is 12.7. The van der Waals surface area contributed by atoms with Gasteiger partial charge in [-0.1, -0.05) is 0 Å². The van der Waals surface area contributed by atoms with E-state index in [1.165, 1.54) is 0 Å². The number of carboxylic acid groups (broad SMARTS) is 1. The first kappa shape index (κ1) is 14.9. The van der Waals surface area contributed by atoms with Crippen LogP contribution in [0.5, 0.6) is 11.6 Å². The van der Waals surface area contributed by atoms with Gasteiger partial charge in [0.25, 0.3) is 6.43 Å². The molecule has 106 valence electrons. The first-order valence-corrected chi connectivity index (χ1v) is 4.51. The number of alkyl halides is 5. The molecule has 0 radical (unpaired) electrons. The summed E-state index contributed by atoms with van der Waals surface area (Å²) in [6, 6.07) is 0. The summed E-state index contributed by atoms with van der Waals surface area (Å²) in [6.45, 7) is 0. The van der Waals surface area contributed by atoms with Crippen molar-refractivity contribution in [3.63, 3.8) is 0 Å². The van der Waals surface area contributed by atoms with E-state index in [1.807, 2.05) is 0 Å². The molecule has 1 heterocycles. The van der Waals surface area contributed by atoms with E-state index in [-0.39, 0.29) is 0 Å². The number of rotatable bonds is 4. The number of hydrogen-bond acceptors (Lipinski definition) is 4. The van der Waals surface area contributed by atoms with Crippen LogP contribution in [0, 0.1) is 0 Å². The summed E-state index contributed by atoms with van der Waals surface area (Å²) in [5.41, 5.74) is -2.63. The van der Waals surface area contributed by atoms with Gasteiger partial charge in [0.2, 0.25) is 5.88 Å². The van der Waals surface area contributed by atoms with Crippen LogP contribution in [0.4, 0.5) is 22.0 Å². The van der Waals surface area contributed by atoms with Gasteiger partial charge in [-0.25, -0.2) is 18.6 Å². The summed E-state index contributed by atoms with van der Waals surface area (Å²) in [5, 5.41) is 8.74. The topological polar surface area (TPSA) is 68.7 Å². The highest BCUT2D eigenvalue weighted by atomic mass is 19.4. The van der Waals surface area contributed by atoms with Crippen molar-refractivity contribution < 1.29 is 41.3 Å². The lowest BCUT2D eigenvalue weighted by Gasteiger charge is -2.15. The van der Waals surface area contributed by atoms with Crippen LogP contribution in [0.15, 0.2) is 6.20 Å². The van der Waals surface area contributed by atoms with Gasteiger partial charge in [0.15, 0.2) is 0 Å². The monoisotopic (exact) mass is 287 g/mol. The molecule has 0 aromatic carbocycles. The van der Waals surface area contributed by atoms with Crippen LogP contribution in [0.1, 0.15) is 22.3 Å². The van der Waals surface area contributed by atoms with Gasteiger partial charge >= 0.3 is 12.3 Å². The minimum absolute atomic E-state index is 0.523. The molecule has 0 unspecified atom stereocenters. The van der Waals surface area contributed by atoms with Crippen molar-refractivity contribution in [3.05, 3.63) is 17.3 Å². The first-order chi connectivity index (χ1) is 8.67. The number of nitrogens with zero attached hydrogens (tertiary/aromatic N) is 1. The molecule has 1 rings (SSSR count). The van der Waals surface area contributed by atoms with Gasteiger partial charge < -0.3 is 14.6 Å². The summed E-state index contributed by atoms with van der Waals surface area (Å²) in [5.74, 6) is -4.17. The van der Waals surface area contributed by atoms with E-state index in [0.29, 0.717) is 6.20 Å². The fourth-order valence-electron chi connectivity index (χ4n) is 1.26. The van der Waals surface area contributed by atoms with Gasteiger partial charge in [-0.15, -0.1) is 13.2 Å². The fourth-order valence-corrected chi connectivity index (χ4v) is 1.26. The lowest BCUT2D eigenvalue weighted by Crippen LogP contribution is -2.21. The quantitative estimate of drug-likeness (QED) is 0.862. The van der Waals surface area contributed by atoms with Crippen LogP contribution < -0.4 is 9.47 Å². The molecular formula is C9H6F5NO4. The van der Waals surface area contributed by atoms with Gasteiger partial charge in [0.1, 0.15) is 11.3 Å². The number of carbonyl (C=O) groups is 1. The van der Waals surface area contributed by atoms with Crippen molar-refractivity contribution in [2.75, 3.05) is 7.11 Å². The highest BCUT2D eigenvalue weighted by Crippen LogP contribution is 2.37. The van der Waals surface area contributed by atoms with Crippen molar-refractivity contribution in [1.82, 2.24) is 4.98 Å². The van der Waals surface area contributed by atoms with E-state index < -0.39 is 41.5 Å². The third-order valence-electron chi connectivity index (χ3n) is 1.91. The molecule has 0 bridgehead atoms. The average Bonchev–Trinajstić information content (AvgIpc) is 2.25. The second-order valence-electron chi connectivity index (χ2n) is 3.07. The van der Waals surface area contributed by atoms with Crippen LogP contribution in [0.25, 0.3) is 0 Å². The number of carboxylic acids is 1. The summed E-state index contributed by atoms with van der Waals surface area (Å²) in [6.07, 6.45) is -8.11. The van der Waals surface area contributed by atoms with E-state index >= 15 is 0 Å². The van der Waals surface area contributed by atoms with Crippen molar-refractivity contribution in [3.8, 4) is 11.6 Å². The molecule has 19 heavy (non-hydrogen) atoms. The standard InChI is InChI=1S/C9H6F5NO4/c1-18-3-2-15-7(19-9(12,13)14)5(8(16)17)4(3)6(10)11/h2,6H,1H3,(H,16,17). The van der Waals surface area contributed by atoms with Crippen molar-refractivity contribution in [2.45, 2.75) is 12.8 Å². The zero-order chi connectivity index (χ0) is 14.8. The lowest BCUT2D eigenvalue weighted by molar-refractivity contribution is -0.276. The molecule has 1 aromatic heterocycles. The number of halogens is 5. The summed E-state index contributed by atoms with van der Waals surface area (Å²) in [7, 11) is 0.943. The number of aromatic nitrogens is 1. The maximum Gasteiger partial charge on any atom is 0.574 e. The molecule has 0 amide bonds. The normalized spacial score (nSPS) is 11.5. The largest absolute Gasteiger partial charge is 0.574 e. The zero-order valence-electron chi connectivity index (χ0n) is 9.16. The van der Waals surface area contributed by atoms with E-state index in [0.717, 1.165) is 7.11 Å². The Bertz CT molecular complexity index is 488. The predicted octanol–water partition coefficient (Wildman–Crippen LogP) is 2.62. The molecular weight excluding hydrogens is 281 g/mol. The molecule has 0 fully saturated rings. The number of ether oxygens (including phenoxy) is 2. The molecule has 5 nitrogen and oxygen atoms in total. The van der Waals surface area contributed by atoms with Crippen LogP contribution in [0.2, 0.25) is 0 Å². The van der Waals surface area contributed by atoms with Crippen molar-refractivity contribution >= 4 is 5.97 Å². The van der Waals surface area contributed by atoms with E-state index in [4.69, 9.17) is 5.11 Å². The molecule has 1 aromatic rings. The number of hydrogen-bond donors (Lipinski definition) is 1. The number of pyridine rings is 1. The second-order valence-corrected chi connectivity index (χ2v) is 3.07. The molecule has 0 aliphatic heterocycles. The molecule has 10 heteroatoms. The Labute approximate surface area is 102 Å². The van der Waals surface area contributed by atoms with Gasteiger partial charge in [0.05, 0.1) is 18.9 Å². The molecule has 0 spiro atoms. The Morgan fingerprint density at radius 2 is 2.00 bits per heavy atom. The minimum atomic E-state index is -5.26. The lowest BCUT2D eigenvalue weighted by atomic mass is 10.1. The summed E-state index contributed by atoms with van der Waals surface area (Å²) in [4.78, 5) is 13.8. The Morgan fingerprint density at radius 3 is 2.37 bits per heavy atom. The molecule has 0 saturated heterocycles. The second kappa shape index (κ2) is 5.24. The predicted molar refractivity (Wildman–Crippen MR) is 49.4 cm³/mol. The van der Waals surface area contributed by atoms with E-state index in [2.05, 4.69) is 14.5 Å². The molecule has 0 aliphatic rings. The molecule has 1 N–H and O–H groups in total. The fraction of sp³-hybridized carbons (Fsp3) is 0.333. The Kier molecular flexibility index (Phi) is 4.12. The van der Waals surface area contributed by atoms with Crippen LogP contribution >= 0.6 is 0 Å². The highest BCUT2D eigenvalue weighted by Gasteiger charge is 2.37. The minimum Gasteiger partial charge on any atom is -0.495 e. The van der Waals surface area contributed by atoms with Crippen molar-refractivity contribution in [1.29, 1.82) is 0 Å². The Morgan fingerprint density at radius 1 is 1.42 bits per heavy atom. The van der Waals surface area contributed by atoms with Gasteiger partial charge in [-0.05, 0) is 0 Å². The summed E-state index contributed by atoms with van der Waals surface area (Å²) < 4.78 is 69.3. The third-order valence-corrected chi connectivity index (χ3v) is 1.91. The highest BCUT2D eigenvalue weighted by molar-refractivity contribution is 5.93. The van der Waals surface area contributed by atoms with Crippen LogP contribution in [-0.4, -0.2) is 29.5 Å². The van der Waals surface area contributed by atoms with Gasteiger partial charge in [-0.2, -0.15) is 0 Å². The molecule has 0 aliphatic carbocycles. The third kappa shape index (κ3) is 3.42. The maximum absolute atomic E-state index is 12.7. The first-order valence-electron chi connectivity index (χ1n) is 4.51. The number of methoxy groups -OCH3 is 1. The van der Waals surface area contributed by atoms with Crippen molar-refractivity contribution in [2.24, 2.45) is 0 Å².